The number of carbonyl (C=O) groups excluding carboxylic acids is 1. The molecule has 0 radical (unpaired) electrons. The van der Waals surface area contributed by atoms with Crippen LogP contribution >= 0.6 is 11.8 Å². The lowest BCUT2D eigenvalue weighted by Gasteiger charge is -2.30. The highest BCUT2D eigenvalue weighted by Gasteiger charge is 2.21. The highest BCUT2D eigenvalue weighted by molar-refractivity contribution is 7.99. The molecular formula is C10H17N5OS. The summed E-state index contributed by atoms with van der Waals surface area (Å²) in [5.41, 5.74) is 5.73. The van der Waals surface area contributed by atoms with Crippen molar-refractivity contribution in [1.82, 2.24) is 19.7 Å². The topological polar surface area (TPSA) is 77.0 Å². The minimum Gasteiger partial charge on any atom is -0.368 e. The fourth-order valence-corrected chi connectivity index (χ4v) is 2.63. The Labute approximate surface area is 105 Å². The minimum absolute atomic E-state index is 0.165. The number of nitrogen functional groups attached to an aromatic ring is 1. The van der Waals surface area contributed by atoms with Crippen molar-refractivity contribution in [3.8, 4) is 0 Å². The molecule has 0 aliphatic carbocycles. The summed E-state index contributed by atoms with van der Waals surface area (Å²) in [5.74, 6) is 0.974. The van der Waals surface area contributed by atoms with Gasteiger partial charge in [-0.1, -0.05) is 11.8 Å². The monoisotopic (exact) mass is 255 g/mol. The van der Waals surface area contributed by atoms with Crippen molar-refractivity contribution >= 4 is 23.6 Å². The zero-order chi connectivity index (χ0) is 12.4. The molecule has 1 aliphatic heterocycles. The van der Waals surface area contributed by atoms with Crippen molar-refractivity contribution in [3.05, 3.63) is 0 Å². The van der Waals surface area contributed by atoms with Crippen LogP contribution in [0.4, 0.5) is 5.95 Å². The van der Waals surface area contributed by atoms with Gasteiger partial charge in [-0.3, -0.25) is 9.36 Å². The number of hydrogen-bond donors (Lipinski definition) is 1. The lowest BCUT2D eigenvalue weighted by Crippen LogP contribution is -2.43. The van der Waals surface area contributed by atoms with Crippen molar-refractivity contribution < 1.29 is 4.79 Å². The lowest BCUT2D eigenvalue weighted by molar-refractivity contribution is -0.131. The Balaban J connectivity index is 1.96. The van der Waals surface area contributed by atoms with Gasteiger partial charge in [-0.15, -0.1) is 10.2 Å². The van der Waals surface area contributed by atoms with E-state index in [0.29, 0.717) is 16.9 Å². The first-order chi connectivity index (χ1) is 8.09. The fourth-order valence-electron chi connectivity index (χ4n) is 1.66. The Morgan fingerprint density at radius 2 is 2.18 bits per heavy atom. The van der Waals surface area contributed by atoms with E-state index in [1.807, 2.05) is 23.3 Å². The van der Waals surface area contributed by atoms with Gasteiger partial charge >= 0.3 is 0 Å². The number of hydrogen-bond acceptors (Lipinski definition) is 5. The maximum Gasteiger partial charge on any atom is 0.233 e. The molecule has 94 valence electrons. The van der Waals surface area contributed by atoms with E-state index in [0.717, 1.165) is 19.5 Å². The molecule has 6 nitrogen and oxygen atoms in total. The molecule has 2 rings (SSSR count). The van der Waals surface area contributed by atoms with E-state index in [4.69, 9.17) is 5.73 Å². The van der Waals surface area contributed by atoms with Crippen LogP contribution in [0.3, 0.4) is 0 Å². The quantitative estimate of drug-likeness (QED) is 0.804. The highest BCUT2D eigenvalue weighted by Crippen LogP contribution is 2.23. The van der Waals surface area contributed by atoms with Crippen LogP contribution in [-0.4, -0.2) is 44.4 Å². The van der Waals surface area contributed by atoms with Crippen LogP contribution in [0.15, 0.2) is 5.16 Å². The van der Waals surface area contributed by atoms with E-state index in [1.54, 1.807) is 0 Å². The molecule has 7 heteroatoms. The molecule has 1 aliphatic rings. The average molecular weight is 255 g/mol. The number of nitrogens with zero attached hydrogens (tertiary/aromatic N) is 4. The average Bonchev–Trinajstić information content (AvgIpc) is 2.54. The number of amides is 1. The molecular weight excluding hydrogens is 238 g/mol. The normalized spacial score (nSPS) is 15.1. The van der Waals surface area contributed by atoms with Crippen molar-refractivity contribution in [2.45, 2.75) is 31.5 Å². The number of thioether (sulfide) groups is 1. The van der Waals surface area contributed by atoms with E-state index >= 15 is 0 Å². The number of rotatable bonds is 4. The van der Waals surface area contributed by atoms with Gasteiger partial charge in [0.2, 0.25) is 11.9 Å². The van der Waals surface area contributed by atoms with Crippen LogP contribution in [0, 0.1) is 0 Å². The molecule has 1 amide bonds. The van der Waals surface area contributed by atoms with Crippen LogP contribution in [0.25, 0.3) is 0 Å². The molecule has 0 atom stereocenters. The third kappa shape index (κ3) is 2.54. The molecule has 0 saturated carbocycles. The number of nitrogens with two attached hydrogens (primary N) is 1. The largest absolute Gasteiger partial charge is 0.368 e. The van der Waals surface area contributed by atoms with Crippen LogP contribution < -0.4 is 5.73 Å². The molecule has 0 aromatic carbocycles. The van der Waals surface area contributed by atoms with Crippen LogP contribution in [0.5, 0.6) is 0 Å². The van der Waals surface area contributed by atoms with E-state index in [2.05, 4.69) is 10.2 Å². The van der Waals surface area contributed by atoms with Gasteiger partial charge in [0.25, 0.3) is 0 Å². The predicted octanol–water partition coefficient (Wildman–Crippen LogP) is 0.766. The summed E-state index contributed by atoms with van der Waals surface area (Å²) in [4.78, 5) is 13.6. The van der Waals surface area contributed by atoms with Gasteiger partial charge in [0, 0.05) is 19.1 Å². The molecule has 1 aromatic rings. The molecule has 0 unspecified atom stereocenters. The molecule has 2 N–H and O–H groups in total. The lowest BCUT2D eigenvalue weighted by atomic mass is 10.2. The zero-order valence-corrected chi connectivity index (χ0v) is 10.9. The minimum atomic E-state index is 0.165. The van der Waals surface area contributed by atoms with Gasteiger partial charge in [-0.2, -0.15) is 0 Å². The second-order valence-electron chi connectivity index (χ2n) is 4.33. The smallest absolute Gasteiger partial charge is 0.233 e. The molecule has 1 aromatic heterocycles. The highest BCUT2D eigenvalue weighted by atomic mass is 32.2. The van der Waals surface area contributed by atoms with Crippen molar-refractivity contribution in [2.75, 3.05) is 24.6 Å². The third-order valence-corrected chi connectivity index (χ3v) is 3.67. The second kappa shape index (κ2) is 4.95. The Bertz CT molecular complexity index is 413. The number of carbonyl (C=O) groups is 1. The van der Waals surface area contributed by atoms with Gasteiger partial charge in [0.15, 0.2) is 5.16 Å². The first-order valence-electron chi connectivity index (χ1n) is 5.70. The fraction of sp³-hybridized carbons (Fsp3) is 0.700. The van der Waals surface area contributed by atoms with Crippen molar-refractivity contribution in [3.63, 3.8) is 0 Å². The number of likely N-dealkylation sites (tertiary alicyclic amines) is 1. The van der Waals surface area contributed by atoms with E-state index < -0.39 is 0 Å². The molecule has 1 fully saturated rings. The number of aromatic nitrogens is 3. The third-order valence-electron chi connectivity index (χ3n) is 2.74. The van der Waals surface area contributed by atoms with Gasteiger partial charge < -0.3 is 10.6 Å². The number of anilines is 1. The summed E-state index contributed by atoms with van der Waals surface area (Å²) in [5, 5.41) is 8.55. The Hall–Kier alpha value is -1.24. The Morgan fingerprint density at radius 3 is 2.71 bits per heavy atom. The summed E-state index contributed by atoms with van der Waals surface area (Å²) < 4.78 is 1.84. The van der Waals surface area contributed by atoms with Gasteiger partial charge in [0.05, 0.1) is 5.75 Å². The summed E-state index contributed by atoms with van der Waals surface area (Å²) in [7, 11) is 0. The van der Waals surface area contributed by atoms with Crippen LogP contribution in [0.2, 0.25) is 0 Å². The molecule has 0 bridgehead atoms. The van der Waals surface area contributed by atoms with E-state index in [-0.39, 0.29) is 11.9 Å². The predicted molar refractivity (Wildman–Crippen MR) is 66.7 cm³/mol. The SMILES string of the molecule is CC(C)n1c(N)nnc1SCC(=O)N1CCC1. The molecule has 17 heavy (non-hydrogen) atoms. The van der Waals surface area contributed by atoms with Gasteiger partial charge in [0.1, 0.15) is 0 Å². The van der Waals surface area contributed by atoms with Crippen molar-refractivity contribution in [1.29, 1.82) is 0 Å². The molecule has 0 spiro atoms. The molecule has 2 heterocycles. The van der Waals surface area contributed by atoms with E-state index in [9.17, 15) is 4.79 Å². The first-order valence-corrected chi connectivity index (χ1v) is 6.69. The van der Waals surface area contributed by atoms with Gasteiger partial charge in [-0.05, 0) is 20.3 Å². The Morgan fingerprint density at radius 1 is 1.47 bits per heavy atom. The first kappa shape index (κ1) is 12.2. The maximum absolute atomic E-state index is 11.7. The van der Waals surface area contributed by atoms with Crippen molar-refractivity contribution in [2.24, 2.45) is 0 Å². The van der Waals surface area contributed by atoms with E-state index in [1.165, 1.54) is 11.8 Å². The summed E-state index contributed by atoms with van der Waals surface area (Å²) >= 11 is 1.40. The second-order valence-corrected chi connectivity index (χ2v) is 5.27. The zero-order valence-electron chi connectivity index (χ0n) is 10.1. The summed E-state index contributed by atoms with van der Waals surface area (Å²) in [6.45, 7) is 5.80. The maximum atomic E-state index is 11.7. The standard InChI is InChI=1S/C10H17N5OS/c1-7(2)15-9(11)12-13-10(15)17-6-8(16)14-4-3-5-14/h7H,3-6H2,1-2H3,(H2,11,12). The summed E-state index contributed by atoms with van der Waals surface area (Å²) in [6, 6.07) is 0.201. The van der Waals surface area contributed by atoms with Gasteiger partial charge in [-0.25, -0.2) is 0 Å². The van der Waals surface area contributed by atoms with Crippen LogP contribution in [0.1, 0.15) is 26.3 Å². The van der Waals surface area contributed by atoms with Crippen LogP contribution in [-0.2, 0) is 4.79 Å². The molecule has 1 saturated heterocycles. The summed E-state index contributed by atoms with van der Waals surface area (Å²) in [6.07, 6.45) is 1.12. The Kier molecular flexibility index (Phi) is 3.56.